The average Bonchev–Trinajstić information content (AvgIpc) is 2.55. The van der Waals surface area contributed by atoms with Gasteiger partial charge in [0.2, 0.25) is 0 Å². The Balaban J connectivity index is 2.04. The molecule has 6 heteroatoms. The summed E-state index contributed by atoms with van der Waals surface area (Å²) < 4.78 is 7.01. The fourth-order valence-corrected chi connectivity index (χ4v) is 1.42. The van der Waals surface area contributed by atoms with Gasteiger partial charge in [-0.05, 0) is 32.3 Å². The van der Waals surface area contributed by atoms with E-state index in [1.807, 2.05) is 25.3 Å². The minimum atomic E-state index is -0.829. The molecule has 0 unspecified atom stereocenters. The predicted molar refractivity (Wildman–Crippen MR) is 65.4 cm³/mol. The third-order valence-corrected chi connectivity index (χ3v) is 2.12. The molecule has 2 rings (SSSR count). The Morgan fingerprint density at radius 1 is 1.47 bits per heavy atom. The van der Waals surface area contributed by atoms with Gasteiger partial charge in [0.05, 0.1) is 12.2 Å². The Kier molecular flexibility index (Phi) is 3.17. The summed E-state index contributed by atoms with van der Waals surface area (Å²) in [5.41, 5.74) is 0.860. The highest BCUT2D eigenvalue weighted by molar-refractivity contribution is 6.46. The first-order valence-electron chi connectivity index (χ1n) is 5.44. The quantitative estimate of drug-likeness (QED) is 0.758. The van der Waals surface area contributed by atoms with Gasteiger partial charge in [-0.1, -0.05) is 6.07 Å². The molecule has 89 valence electrons. The fraction of sp³-hybridized carbons (Fsp3) is 0.455. The second kappa shape index (κ2) is 4.47. The molecule has 0 aliphatic carbocycles. The number of hydrogen-bond acceptors (Lipinski definition) is 4. The van der Waals surface area contributed by atoms with Crippen molar-refractivity contribution >= 4 is 18.6 Å². The lowest BCUT2D eigenvalue weighted by molar-refractivity contribution is 0.0304. The van der Waals surface area contributed by atoms with Crippen LogP contribution in [0.4, 0.5) is 0 Å². The lowest BCUT2D eigenvalue weighted by Gasteiger charge is -2.16. The van der Waals surface area contributed by atoms with Crippen LogP contribution in [0.15, 0.2) is 18.3 Å². The largest absolute Gasteiger partial charge is 0.431 e. The van der Waals surface area contributed by atoms with Crippen LogP contribution in [0, 0.1) is 6.92 Å². The van der Waals surface area contributed by atoms with Crippen LogP contribution in [0.3, 0.4) is 0 Å². The maximum atomic E-state index is 9.50. The van der Waals surface area contributed by atoms with Crippen LogP contribution in [0.25, 0.3) is 5.65 Å². The summed E-state index contributed by atoms with van der Waals surface area (Å²) in [6.45, 7) is 5.50. The summed E-state index contributed by atoms with van der Waals surface area (Å²) in [4.78, 5) is 4.23. The Bertz CT molecular complexity index is 519. The molecule has 0 saturated carbocycles. The third kappa shape index (κ3) is 3.28. The molecule has 2 aromatic heterocycles. The first-order chi connectivity index (χ1) is 7.94. The minimum absolute atomic E-state index is 0.251. The van der Waals surface area contributed by atoms with E-state index in [9.17, 15) is 5.11 Å². The van der Waals surface area contributed by atoms with E-state index < -0.39 is 5.60 Å². The summed E-state index contributed by atoms with van der Waals surface area (Å²) in [6.07, 6.45) is 1.83. The lowest BCUT2D eigenvalue weighted by atomic mass is 9.89. The predicted octanol–water partition coefficient (Wildman–Crippen LogP) is 0.0697. The molecule has 5 nitrogen and oxygen atoms in total. The zero-order valence-electron chi connectivity index (χ0n) is 10.2. The van der Waals surface area contributed by atoms with Crippen molar-refractivity contribution in [2.75, 3.05) is 6.61 Å². The molecule has 1 radical (unpaired) electrons. The van der Waals surface area contributed by atoms with E-state index in [4.69, 9.17) is 4.65 Å². The maximum Gasteiger partial charge on any atom is 0.331 e. The number of aromatic nitrogens is 3. The van der Waals surface area contributed by atoms with E-state index in [2.05, 4.69) is 10.1 Å². The van der Waals surface area contributed by atoms with Gasteiger partial charge < -0.3 is 9.76 Å². The van der Waals surface area contributed by atoms with Crippen molar-refractivity contribution in [3.8, 4) is 0 Å². The van der Waals surface area contributed by atoms with Crippen molar-refractivity contribution in [2.24, 2.45) is 0 Å². The van der Waals surface area contributed by atoms with Gasteiger partial charge in [0.15, 0.2) is 5.65 Å². The summed E-state index contributed by atoms with van der Waals surface area (Å²) in [6, 6.07) is 3.77. The van der Waals surface area contributed by atoms with Gasteiger partial charge in [-0.25, -0.2) is 9.50 Å². The molecule has 0 aromatic carbocycles. The smallest absolute Gasteiger partial charge is 0.331 e. The lowest BCUT2D eigenvalue weighted by Crippen LogP contribution is -2.30. The zero-order chi connectivity index (χ0) is 12.5. The highest BCUT2D eigenvalue weighted by Crippen LogP contribution is 2.01. The Morgan fingerprint density at radius 2 is 2.24 bits per heavy atom. The molecule has 1 N–H and O–H groups in total. The van der Waals surface area contributed by atoms with Crippen LogP contribution < -0.4 is 5.46 Å². The molecule has 2 heterocycles. The molecular formula is C11H15BN3O2. The molecular weight excluding hydrogens is 217 g/mol. The number of hydrogen-bond donors (Lipinski definition) is 1. The monoisotopic (exact) mass is 232 g/mol. The maximum absolute atomic E-state index is 9.50. The van der Waals surface area contributed by atoms with E-state index in [-0.39, 0.29) is 6.61 Å². The van der Waals surface area contributed by atoms with Crippen molar-refractivity contribution in [1.29, 1.82) is 0 Å². The minimum Gasteiger partial charge on any atom is -0.431 e. The summed E-state index contributed by atoms with van der Waals surface area (Å²) in [7, 11) is 1.61. The molecule has 17 heavy (non-hydrogen) atoms. The van der Waals surface area contributed by atoms with Crippen LogP contribution in [0.2, 0.25) is 0 Å². The number of aliphatic hydroxyl groups is 1. The standard InChI is InChI=1S/C11H15BN3O2/c1-8-13-10-5-4-9(6-15(10)14-8)12-17-7-11(2,3)16/h4-6,16H,7H2,1-3H3. The van der Waals surface area contributed by atoms with Crippen molar-refractivity contribution < 1.29 is 9.76 Å². The third-order valence-electron chi connectivity index (χ3n) is 2.12. The Hall–Kier alpha value is -1.40. The highest BCUT2D eigenvalue weighted by Gasteiger charge is 2.12. The number of nitrogens with zero attached hydrogens (tertiary/aromatic N) is 3. The molecule has 0 atom stereocenters. The van der Waals surface area contributed by atoms with E-state index in [1.54, 1.807) is 25.8 Å². The fourth-order valence-electron chi connectivity index (χ4n) is 1.42. The van der Waals surface area contributed by atoms with E-state index >= 15 is 0 Å². The SMILES string of the molecule is Cc1nc2ccc([B]OCC(C)(C)O)cn2n1. The zero-order valence-corrected chi connectivity index (χ0v) is 10.2. The van der Waals surface area contributed by atoms with Gasteiger partial charge >= 0.3 is 7.48 Å². The van der Waals surface area contributed by atoms with Gasteiger partial charge in [0.25, 0.3) is 0 Å². The van der Waals surface area contributed by atoms with Crippen LogP contribution in [0.5, 0.6) is 0 Å². The molecule has 0 spiro atoms. The number of rotatable bonds is 4. The van der Waals surface area contributed by atoms with Crippen LogP contribution in [-0.2, 0) is 4.65 Å². The average molecular weight is 232 g/mol. The Morgan fingerprint density at radius 3 is 2.94 bits per heavy atom. The van der Waals surface area contributed by atoms with Crippen LogP contribution in [-0.4, -0.2) is 39.4 Å². The van der Waals surface area contributed by atoms with E-state index in [0.29, 0.717) is 0 Å². The molecule has 0 saturated heterocycles. The Labute approximate surface area is 101 Å². The van der Waals surface area contributed by atoms with Gasteiger partial charge in [-0.2, -0.15) is 5.10 Å². The van der Waals surface area contributed by atoms with Crippen LogP contribution in [0.1, 0.15) is 19.7 Å². The number of aryl methyl sites for hydroxylation is 1. The number of pyridine rings is 1. The second-order valence-electron chi connectivity index (χ2n) is 4.67. The topological polar surface area (TPSA) is 59.7 Å². The molecule has 0 bridgehead atoms. The molecule has 0 fully saturated rings. The van der Waals surface area contributed by atoms with E-state index in [0.717, 1.165) is 16.9 Å². The van der Waals surface area contributed by atoms with Gasteiger partial charge in [0, 0.05) is 6.20 Å². The highest BCUT2D eigenvalue weighted by atomic mass is 16.4. The summed E-state index contributed by atoms with van der Waals surface area (Å²) in [5.74, 6) is 0.736. The molecule has 0 aliphatic rings. The van der Waals surface area contributed by atoms with Gasteiger partial charge in [0.1, 0.15) is 5.82 Å². The second-order valence-corrected chi connectivity index (χ2v) is 4.67. The van der Waals surface area contributed by atoms with Crippen molar-refractivity contribution in [2.45, 2.75) is 26.4 Å². The van der Waals surface area contributed by atoms with Crippen molar-refractivity contribution in [3.63, 3.8) is 0 Å². The summed E-state index contributed by atoms with van der Waals surface area (Å²) in [5, 5.41) is 13.7. The van der Waals surface area contributed by atoms with Crippen LogP contribution >= 0.6 is 0 Å². The molecule has 2 aromatic rings. The summed E-state index contributed by atoms with van der Waals surface area (Å²) >= 11 is 0. The number of fused-ring (bicyclic) bond motifs is 1. The molecule has 0 amide bonds. The van der Waals surface area contributed by atoms with Gasteiger partial charge in [-0.3, -0.25) is 0 Å². The van der Waals surface area contributed by atoms with Crippen molar-refractivity contribution in [1.82, 2.24) is 14.6 Å². The molecule has 0 aliphatic heterocycles. The first-order valence-corrected chi connectivity index (χ1v) is 5.44. The van der Waals surface area contributed by atoms with Gasteiger partial charge in [-0.15, -0.1) is 0 Å². The first kappa shape index (κ1) is 12.1. The van der Waals surface area contributed by atoms with E-state index in [1.165, 1.54) is 0 Å². The normalized spacial score (nSPS) is 12.0. The van der Waals surface area contributed by atoms with Crippen molar-refractivity contribution in [3.05, 3.63) is 24.2 Å².